The highest BCUT2D eigenvalue weighted by Gasteiger charge is 2.16. The molecule has 0 aliphatic heterocycles. The van der Waals surface area contributed by atoms with Crippen molar-refractivity contribution in [1.82, 2.24) is 4.98 Å². The molecule has 0 amide bonds. The van der Waals surface area contributed by atoms with Crippen LogP contribution in [0.5, 0.6) is 0 Å². The van der Waals surface area contributed by atoms with E-state index in [4.69, 9.17) is 11.6 Å². The number of pyridine rings is 1. The molecule has 1 heterocycles. The van der Waals surface area contributed by atoms with E-state index < -0.39 is 17.7 Å². The van der Waals surface area contributed by atoms with Gasteiger partial charge in [0.25, 0.3) is 0 Å². The molecule has 1 aromatic carbocycles. The Kier molecular flexibility index (Phi) is 3.89. The Morgan fingerprint density at radius 3 is 2.72 bits per heavy atom. The Balaban J connectivity index is 2.21. The summed E-state index contributed by atoms with van der Waals surface area (Å²) in [6.07, 6.45) is 0.357. The lowest BCUT2D eigenvalue weighted by Crippen LogP contribution is -2.07. The van der Waals surface area contributed by atoms with Gasteiger partial charge in [0, 0.05) is 17.6 Å². The standard InChI is InChI=1S/C13H10ClF2NO/c14-10-7-9(15)4-3-8(10)6-12(18)13-11(16)2-1-5-17-13/h1-5,7,12,18H,6H2. The van der Waals surface area contributed by atoms with E-state index in [-0.39, 0.29) is 17.1 Å². The topological polar surface area (TPSA) is 33.1 Å². The van der Waals surface area contributed by atoms with Gasteiger partial charge in [-0.05, 0) is 29.8 Å². The molecule has 1 aromatic heterocycles. The fourth-order valence-electron chi connectivity index (χ4n) is 1.64. The molecule has 5 heteroatoms. The Morgan fingerprint density at radius 1 is 1.28 bits per heavy atom. The number of rotatable bonds is 3. The van der Waals surface area contributed by atoms with Crippen LogP contribution in [0.1, 0.15) is 17.4 Å². The van der Waals surface area contributed by atoms with E-state index in [2.05, 4.69) is 4.98 Å². The quantitative estimate of drug-likeness (QED) is 0.927. The third-order valence-electron chi connectivity index (χ3n) is 2.53. The summed E-state index contributed by atoms with van der Waals surface area (Å²) in [5, 5.41) is 10.1. The maximum absolute atomic E-state index is 13.4. The Hall–Kier alpha value is -1.52. The molecule has 0 fully saturated rings. The van der Waals surface area contributed by atoms with Gasteiger partial charge in [-0.25, -0.2) is 8.78 Å². The number of hydrogen-bond donors (Lipinski definition) is 1. The van der Waals surface area contributed by atoms with Crippen molar-refractivity contribution in [2.75, 3.05) is 0 Å². The van der Waals surface area contributed by atoms with Crippen molar-refractivity contribution in [3.63, 3.8) is 0 Å². The van der Waals surface area contributed by atoms with Crippen molar-refractivity contribution in [2.24, 2.45) is 0 Å². The van der Waals surface area contributed by atoms with Crippen LogP contribution in [-0.4, -0.2) is 10.1 Å². The van der Waals surface area contributed by atoms with E-state index in [1.54, 1.807) is 0 Å². The van der Waals surface area contributed by atoms with Gasteiger partial charge in [0.15, 0.2) is 0 Å². The SMILES string of the molecule is OC(Cc1ccc(F)cc1Cl)c1ncccc1F. The fraction of sp³-hybridized carbons (Fsp3) is 0.154. The van der Waals surface area contributed by atoms with Crippen LogP contribution in [0.2, 0.25) is 5.02 Å². The first-order chi connectivity index (χ1) is 8.58. The van der Waals surface area contributed by atoms with Gasteiger partial charge >= 0.3 is 0 Å². The first-order valence-corrected chi connectivity index (χ1v) is 5.68. The minimum Gasteiger partial charge on any atom is -0.386 e. The first-order valence-electron chi connectivity index (χ1n) is 5.30. The maximum Gasteiger partial charge on any atom is 0.147 e. The monoisotopic (exact) mass is 269 g/mol. The molecule has 0 aliphatic rings. The van der Waals surface area contributed by atoms with E-state index >= 15 is 0 Å². The van der Waals surface area contributed by atoms with E-state index in [9.17, 15) is 13.9 Å². The smallest absolute Gasteiger partial charge is 0.147 e. The van der Waals surface area contributed by atoms with Crippen LogP contribution in [0.3, 0.4) is 0 Å². The van der Waals surface area contributed by atoms with E-state index in [0.29, 0.717) is 5.56 Å². The number of aromatic nitrogens is 1. The molecule has 18 heavy (non-hydrogen) atoms. The first kappa shape index (κ1) is 12.9. The average Bonchev–Trinajstić information content (AvgIpc) is 2.33. The van der Waals surface area contributed by atoms with Crippen LogP contribution in [0, 0.1) is 11.6 Å². The van der Waals surface area contributed by atoms with Gasteiger partial charge in [-0.3, -0.25) is 4.98 Å². The molecule has 2 rings (SSSR count). The van der Waals surface area contributed by atoms with Gasteiger partial charge in [-0.15, -0.1) is 0 Å². The molecule has 0 saturated carbocycles. The van der Waals surface area contributed by atoms with Gasteiger partial charge in [-0.1, -0.05) is 17.7 Å². The van der Waals surface area contributed by atoms with Gasteiger partial charge < -0.3 is 5.11 Å². The number of hydrogen-bond acceptors (Lipinski definition) is 2. The molecule has 0 bridgehead atoms. The van der Waals surface area contributed by atoms with Crippen LogP contribution in [0.15, 0.2) is 36.5 Å². The summed E-state index contributed by atoms with van der Waals surface area (Å²) in [5.41, 5.74) is 0.494. The summed E-state index contributed by atoms with van der Waals surface area (Å²) in [7, 11) is 0. The van der Waals surface area contributed by atoms with Gasteiger partial charge in [-0.2, -0.15) is 0 Å². The lowest BCUT2D eigenvalue weighted by atomic mass is 10.0. The molecule has 0 spiro atoms. The van der Waals surface area contributed by atoms with Crippen molar-refractivity contribution < 1.29 is 13.9 Å². The highest BCUT2D eigenvalue weighted by molar-refractivity contribution is 6.31. The summed E-state index contributed by atoms with van der Waals surface area (Å²) in [5.74, 6) is -1.04. The third kappa shape index (κ3) is 2.83. The minimum absolute atomic E-state index is 0.0436. The summed E-state index contributed by atoms with van der Waals surface area (Å²) in [6.45, 7) is 0. The van der Waals surface area contributed by atoms with Crippen LogP contribution in [-0.2, 0) is 6.42 Å². The average molecular weight is 270 g/mol. The molecule has 2 aromatic rings. The van der Waals surface area contributed by atoms with E-state index in [1.165, 1.54) is 30.5 Å². The van der Waals surface area contributed by atoms with Crippen molar-refractivity contribution in [1.29, 1.82) is 0 Å². The largest absolute Gasteiger partial charge is 0.386 e. The third-order valence-corrected chi connectivity index (χ3v) is 2.88. The number of halogens is 3. The van der Waals surface area contributed by atoms with Crippen molar-refractivity contribution in [2.45, 2.75) is 12.5 Å². The molecule has 1 N–H and O–H groups in total. The van der Waals surface area contributed by atoms with Gasteiger partial charge in [0.2, 0.25) is 0 Å². The predicted molar refractivity (Wildman–Crippen MR) is 64.3 cm³/mol. The Labute approximate surface area is 108 Å². The van der Waals surface area contributed by atoms with Crippen molar-refractivity contribution >= 4 is 11.6 Å². The molecular weight excluding hydrogens is 260 g/mol. The molecule has 0 saturated heterocycles. The maximum atomic E-state index is 13.4. The zero-order valence-electron chi connectivity index (χ0n) is 9.28. The number of benzene rings is 1. The Bertz CT molecular complexity index is 562. The molecular formula is C13H10ClF2NO. The van der Waals surface area contributed by atoms with Crippen molar-refractivity contribution in [3.8, 4) is 0 Å². The normalized spacial score (nSPS) is 12.4. The van der Waals surface area contributed by atoms with Crippen LogP contribution in [0.4, 0.5) is 8.78 Å². The lowest BCUT2D eigenvalue weighted by molar-refractivity contribution is 0.168. The molecule has 1 unspecified atom stereocenters. The highest BCUT2D eigenvalue weighted by atomic mass is 35.5. The molecule has 0 aliphatic carbocycles. The summed E-state index contributed by atoms with van der Waals surface area (Å²) in [6, 6.07) is 6.51. The fourth-order valence-corrected chi connectivity index (χ4v) is 1.88. The summed E-state index contributed by atoms with van der Waals surface area (Å²) < 4.78 is 26.2. The zero-order chi connectivity index (χ0) is 13.1. The Morgan fingerprint density at radius 2 is 2.06 bits per heavy atom. The number of nitrogens with zero attached hydrogens (tertiary/aromatic N) is 1. The number of aliphatic hydroxyl groups is 1. The number of aliphatic hydroxyl groups excluding tert-OH is 1. The minimum atomic E-state index is -1.12. The molecule has 2 nitrogen and oxygen atoms in total. The van der Waals surface area contributed by atoms with Gasteiger partial charge in [0.05, 0.1) is 0 Å². The highest BCUT2D eigenvalue weighted by Crippen LogP contribution is 2.24. The van der Waals surface area contributed by atoms with Crippen LogP contribution >= 0.6 is 11.6 Å². The van der Waals surface area contributed by atoms with Crippen molar-refractivity contribution in [3.05, 3.63) is 64.4 Å². The van der Waals surface area contributed by atoms with E-state index in [1.807, 2.05) is 0 Å². The van der Waals surface area contributed by atoms with Crippen LogP contribution < -0.4 is 0 Å². The predicted octanol–water partition coefficient (Wildman–Crippen LogP) is 3.29. The molecule has 0 radical (unpaired) electrons. The molecule has 94 valence electrons. The zero-order valence-corrected chi connectivity index (χ0v) is 10.0. The molecule has 1 atom stereocenters. The summed E-state index contributed by atoms with van der Waals surface area (Å²) >= 11 is 5.84. The second kappa shape index (κ2) is 5.42. The lowest BCUT2D eigenvalue weighted by Gasteiger charge is -2.11. The van der Waals surface area contributed by atoms with E-state index in [0.717, 1.165) is 6.07 Å². The summed E-state index contributed by atoms with van der Waals surface area (Å²) in [4.78, 5) is 3.78. The van der Waals surface area contributed by atoms with Crippen LogP contribution in [0.25, 0.3) is 0 Å². The van der Waals surface area contributed by atoms with Gasteiger partial charge in [0.1, 0.15) is 23.4 Å². The second-order valence-corrected chi connectivity index (χ2v) is 4.23. The second-order valence-electron chi connectivity index (χ2n) is 3.83.